The molecule has 0 saturated carbocycles. The highest BCUT2D eigenvalue weighted by atomic mass is 16.2. The van der Waals surface area contributed by atoms with E-state index in [9.17, 15) is 9.59 Å². The molecule has 5 aromatic rings. The standard InChI is InChI=1S/C22H16N6O2/c29-19(15-9-8-13-4-1-2-5-14(13)12-15)27-22-25-17-7-3-6-16(18(17)26-22)20(30)28-21-23-10-11-24-21/h1-12H,(H2,23,24,28,30)(H2,25,26,27,29). The molecule has 4 N–H and O–H groups in total. The number of hydrogen-bond acceptors (Lipinski definition) is 4. The van der Waals surface area contributed by atoms with Crippen LogP contribution >= 0.6 is 0 Å². The summed E-state index contributed by atoms with van der Waals surface area (Å²) in [6, 6.07) is 18.5. The number of carbonyl (C=O) groups excluding carboxylic acids is 2. The minimum Gasteiger partial charge on any atom is -0.331 e. The summed E-state index contributed by atoms with van der Waals surface area (Å²) < 4.78 is 0. The Kier molecular flexibility index (Phi) is 4.21. The van der Waals surface area contributed by atoms with Crippen LogP contribution in [0.5, 0.6) is 0 Å². The molecule has 0 bridgehead atoms. The molecule has 2 amide bonds. The van der Waals surface area contributed by atoms with Gasteiger partial charge in [0.1, 0.15) is 5.52 Å². The van der Waals surface area contributed by atoms with Crippen molar-refractivity contribution >= 4 is 45.5 Å². The minimum atomic E-state index is -0.352. The molecule has 8 nitrogen and oxygen atoms in total. The van der Waals surface area contributed by atoms with E-state index in [4.69, 9.17) is 0 Å². The molecule has 0 radical (unpaired) electrons. The number of H-pyrrole nitrogens is 2. The molecule has 0 spiro atoms. The second-order valence-electron chi connectivity index (χ2n) is 6.70. The minimum absolute atomic E-state index is 0.265. The molecule has 8 heteroatoms. The molecule has 0 fully saturated rings. The maximum Gasteiger partial charge on any atom is 0.260 e. The average molecular weight is 396 g/mol. The van der Waals surface area contributed by atoms with E-state index in [2.05, 4.69) is 30.6 Å². The summed E-state index contributed by atoms with van der Waals surface area (Å²) in [5.74, 6) is -0.0328. The normalized spacial score (nSPS) is 10.9. The number of para-hydroxylation sites is 1. The summed E-state index contributed by atoms with van der Waals surface area (Å²) in [6.45, 7) is 0. The predicted octanol–water partition coefficient (Wildman–Crippen LogP) is 3.94. The zero-order chi connectivity index (χ0) is 20.5. The summed E-state index contributed by atoms with van der Waals surface area (Å²) in [6.07, 6.45) is 3.16. The third-order valence-corrected chi connectivity index (χ3v) is 4.73. The van der Waals surface area contributed by atoms with Gasteiger partial charge in [-0.15, -0.1) is 0 Å². The number of carbonyl (C=O) groups is 2. The zero-order valence-corrected chi connectivity index (χ0v) is 15.6. The second-order valence-corrected chi connectivity index (χ2v) is 6.70. The number of anilines is 2. The Morgan fingerprint density at radius 1 is 0.833 bits per heavy atom. The number of aromatic amines is 2. The molecule has 2 heterocycles. The summed E-state index contributed by atoms with van der Waals surface area (Å²) in [4.78, 5) is 39.6. The molecule has 0 aliphatic rings. The van der Waals surface area contributed by atoms with Crippen molar-refractivity contribution in [1.29, 1.82) is 0 Å². The van der Waals surface area contributed by atoms with Gasteiger partial charge in [0.15, 0.2) is 0 Å². The van der Waals surface area contributed by atoms with E-state index in [1.165, 1.54) is 0 Å². The summed E-state index contributed by atoms with van der Waals surface area (Å²) >= 11 is 0. The topological polar surface area (TPSA) is 116 Å². The Morgan fingerprint density at radius 3 is 2.50 bits per heavy atom. The first kappa shape index (κ1) is 17.6. The molecule has 0 aliphatic carbocycles. The van der Waals surface area contributed by atoms with Crippen molar-refractivity contribution in [3.8, 4) is 0 Å². The highest BCUT2D eigenvalue weighted by Gasteiger charge is 2.16. The fourth-order valence-corrected chi connectivity index (χ4v) is 3.29. The van der Waals surface area contributed by atoms with Gasteiger partial charge in [-0.3, -0.25) is 20.2 Å². The smallest absolute Gasteiger partial charge is 0.260 e. The molecular weight excluding hydrogens is 380 g/mol. The molecule has 3 aromatic carbocycles. The highest BCUT2D eigenvalue weighted by Crippen LogP contribution is 2.21. The molecule has 0 atom stereocenters. The van der Waals surface area contributed by atoms with Crippen molar-refractivity contribution in [2.24, 2.45) is 0 Å². The Labute approximate surface area is 170 Å². The number of benzene rings is 3. The van der Waals surface area contributed by atoms with Crippen LogP contribution in [0.4, 0.5) is 11.9 Å². The molecule has 146 valence electrons. The molecule has 5 rings (SSSR count). The molecule has 0 aliphatic heterocycles. The van der Waals surface area contributed by atoms with Gasteiger partial charge in [0.2, 0.25) is 11.9 Å². The van der Waals surface area contributed by atoms with Gasteiger partial charge in [-0.1, -0.05) is 36.4 Å². The number of rotatable bonds is 4. The molecule has 30 heavy (non-hydrogen) atoms. The number of fused-ring (bicyclic) bond motifs is 2. The van der Waals surface area contributed by atoms with Crippen LogP contribution in [-0.2, 0) is 0 Å². The van der Waals surface area contributed by atoms with Crippen LogP contribution < -0.4 is 10.6 Å². The molecular formula is C22H16N6O2. The van der Waals surface area contributed by atoms with Crippen LogP contribution in [0.15, 0.2) is 73.1 Å². The first-order valence-corrected chi connectivity index (χ1v) is 9.27. The number of imidazole rings is 2. The number of amides is 2. The largest absolute Gasteiger partial charge is 0.331 e. The van der Waals surface area contributed by atoms with Crippen LogP contribution in [0.2, 0.25) is 0 Å². The van der Waals surface area contributed by atoms with Crippen LogP contribution in [0.25, 0.3) is 21.8 Å². The van der Waals surface area contributed by atoms with E-state index < -0.39 is 0 Å². The Balaban J connectivity index is 1.42. The lowest BCUT2D eigenvalue weighted by molar-refractivity contribution is 0.101. The van der Waals surface area contributed by atoms with E-state index in [-0.39, 0.29) is 17.8 Å². The summed E-state index contributed by atoms with van der Waals surface area (Å²) in [7, 11) is 0. The highest BCUT2D eigenvalue weighted by molar-refractivity contribution is 6.12. The van der Waals surface area contributed by atoms with E-state index in [1.807, 2.05) is 36.4 Å². The Bertz CT molecular complexity index is 1390. The van der Waals surface area contributed by atoms with Crippen molar-refractivity contribution in [3.63, 3.8) is 0 Å². The lowest BCUT2D eigenvalue weighted by Gasteiger charge is -2.04. The van der Waals surface area contributed by atoms with Crippen LogP contribution in [0.1, 0.15) is 20.7 Å². The van der Waals surface area contributed by atoms with E-state index >= 15 is 0 Å². The van der Waals surface area contributed by atoms with E-state index in [0.717, 1.165) is 10.8 Å². The third kappa shape index (κ3) is 3.26. The van der Waals surface area contributed by atoms with Crippen molar-refractivity contribution in [2.75, 3.05) is 10.6 Å². The second kappa shape index (κ2) is 7.17. The monoisotopic (exact) mass is 396 g/mol. The maximum atomic E-state index is 12.7. The number of aromatic nitrogens is 4. The van der Waals surface area contributed by atoms with Crippen molar-refractivity contribution in [1.82, 2.24) is 19.9 Å². The SMILES string of the molecule is O=C(Nc1nc2c(C(=O)Nc3ncc[nH]3)cccc2[nH]1)c1ccc2ccccc2c1. The van der Waals surface area contributed by atoms with Gasteiger partial charge >= 0.3 is 0 Å². The van der Waals surface area contributed by atoms with Gasteiger partial charge in [0.05, 0.1) is 11.1 Å². The fourth-order valence-electron chi connectivity index (χ4n) is 3.29. The van der Waals surface area contributed by atoms with Gasteiger partial charge in [-0.25, -0.2) is 9.97 Å². The summed E-state index contributed by atoms with van der Waals surface area (Å²) in [5.41, 5.74) is 1.97. The third-order valence-electron chi connectivity index (χ3n) is 4.73. The Morgan fingerprint density at radius 2 is 1.67 bits per heavy atom. The van der Waals surface area contributed by atoms with Gasteiger partial charge in [-0.2, -0.15) is 0 Å². The van der Waals surface area contributed by atoms with Crippen LogP contribution in [0, 0.1) is 0 Å². The zero-order valence-electron chi connectivity index (χ0n) is 15.6. The van der Waals surface area contributed by atoms with Crippen LogP contribution in [0.3, 0.4) is 0 Å². The number of nitrogens with zero attached hydrogens (tertiary/aromatic N) is 2. The molecule has 0 unspecified atom stereocenters. The molecule has 0 saturated heterocycles. The number of hydrogen-bond donors (Lipinski definition) is 4. The van der Waals surface area contributed by atoms with Crippen LogP contribution in [-0.4, -0.2) is 31.8 Å². The van der Waals surface area contributed by atoms with Gasteiger partial charge in [-0.05, 0) is 35.0 Å². The van der Waals surface area contributed by atoms with E-state index in [1.54, 1.807) is 36.7 Å². The average Bonchev–Trinajstić information content (AvgIpc) is 3.42. The fraction of sp³-hybridized carbons (Fsp3) is 0. The van der Waals surface area contributed by atoms with Crippen molar-refractivity contribution in [3.05, 3.63) is 84.2 Å². The van der Waals surface area contributed by atoms with Gasteiger partial charge in [0, 0.05) is 18.0 Å². The number of nitrogens with one attached hydrogen (secondary N) is 4. The van der Waals surface area contributed by atoms with Crippen molar-refractivity contribution < 1.29 is 9.59 Å². The lowest BCUT2D eigenvalue weighted by Crippen LogP contribution is -2.14. The maximum absolute atomic E-state index is 12.7. The van der Waals surface area contributed by atoms with E-state index in [0.29, 0.717) is 28.1 Å². The first-order valence-electron chi connectivity index (χ1n) is 9.27. The predicted molar refractivity (Wildman–Crippen MR) is 115 cm³/mol. The quantitative estimate of drug-likeness (QED) is 0.368. The lowest BCUT2D eigenvalue weighted by atomic mass is 10.1. The Hall–Kier alpha value is -4.46. The van der Waals surface area contributed by atoms with Gasteiger partial charge < -0.3 is 9.97 Å². The first-order chi connectivity index (χ1) is 14.7. The van der Waals surface area contributed by atoms with Crippen molar-refractivity contribution in [2.45, 2.75) is 0 Å². The van der Waals surface area contributed by atoms with Gasteiger partial charge in [0.25, 0.3) is 11.8 Å². The molecule has 2 aromatic heterocycles. The summed E-state index contributed by atoms with van der Waals surface area (Å²) in [5, 5.41) is 7.48.